The molecule has 1 aromatic carbocycles. The van der Waals surface area contributed by atoms with Gasteiger partial charge >= 0.3 is 5.97 Å². The Morgan fingerprint density at radius 3 is 2.57 bits per heavy atom. The normalized spacial score (nSPS) is 18.5. The van der Waals surface area contributed by atoms with Gasteiger partial charge in [0.25, 0.3) is 0 Å². The van der Waals surface area contributed by atoms with Gasteiger partial charge in [-0.3, -0.25) is 9.59 Å². The first-order valence-corrected chi connectivity index (χ1v) is 11.7. The van der Waals surface area contributed by atoms with Crippen LogP contribution < -0.4 is 0 Å². The number of hydrogen-bond acceptors (Lipinski definition) is 3. The number of aliphatic hydroxyl groups excluding tert-OH is 1. The fourth-order valence-corrected chi connectivity index (χ4v) is 4.43. The van der Waals surface area contributed by atoms with Crippen molar-refractivity contribution in [3.05, 3.63) is 35.9 Å². The van der Waals surface area contributed by atoms with Crippen LogP contribution in [-0.4, -0.2) is 45.7 Å². The number of aryl methyl sites for hydroxylation is 1. The molecule has 5 heteroatoms. The molecule has 1 aromatic rings. The van der Waals surface area contributed by atoms with Gasteiger partial charge in [0.15, 0.2) is 0 Å². The van der Waals surface area contributed by atoms with Gasteiger partial charge < -0.3 is 15.1 Å². The molecule has 1 saturated heterocycles. The van der Waals surface area contributed by atoms with Gasteiger partial charge in [-0.2, -0.15) is 0 Å². The molecule has 5 nitrogen and oxygen atoms in total. The van der Waals surface area contributed by atoms with Crippen LogP contribution in [0, 0.1) is 5.92 Å². The molecule has 3 atom stereocenters. The van der Waals surface area contributed by atoms with Crippen LogP contribution in [0.3, 0.4) is 0 Å². The molecule has 1 heterocycles. The summed E-state index contributed by atoms with van der Waals surface area (Å²) in [7, 11) is 0. The zero-order chi connectivity index (χ0) is 21.8. The van der Waals surface area contributed by atoms with E-state index in [4.69, 9.17) is 5.11 Å². The van der Waals surface area contributed by atoms with E-state index in [1.165, 1.54) is 5.56 Å². The Morgan fingerprint density at radius 1 is 1.10 bits per heavy atom. The van der Waals surface area contributed by atoms with Crippen molar-refractivity contribution in [1.29, 1.82) is 0 Å². The number of amides is 1. The Hall–Kier alpha value is -1.88. The highest BCUT2D eigenvalue weighted by atomic mass is 16.4. The molecule has 0 radical (unpaired) electrons. The first-order valence-electron chi connectivity index (χ1n) is 11.7. The van der Waals surface area contributed by atoms with Crippen LogP contribution in [0.2, 0.25) is 0 Å². The van der Waals surface area contributed by atoms with Crippen LogP contribution in [-0.2, 0) is 16.0 Å². The lowest BCUT2D eigenvalue weighted by Gasteiger charge is -2.27. The molecule has 168 valence electrons. The first kappa shape index (κ1) is 24.4. The number of carboxylic acid groups (broad SMARTS) is 1. The maximum absolute atomic E-state index is 12.2. The van der Waals surface area contributed by atoms with Gasteiger partial charge in [0, 0.05) is 25.4 Å². The maximum Gasteiger partial charge on any atom is 0.303 e. The largest absolute Gasteiger partial charge is 0.481 e. The van der Waals surface area contributed by atoms with Crippen molar-refractivity contribution >= 4 is 11.9 Å². The number of aliphatic hydroxyl groups is 1. The number of hydrogen-bond donors (Lipinski definition) is 2. The molecule has 0 bridgehead atoms. The fraction of sp³-hybridized carbons (Fsp3) is 0.680. The minimum atomic E-state index is -0.738. The molecule has 0 saturated carbocycles. The van der Waals surface area contributed by atoms with Gasteiger partial charge in [0.1, 0.15) is 0 Å². The third-order valence-corrected chi connectivity index (χ3v) is 6.41. The summed E-state index contributed by atoms with van der Waals surface area (Å²) in [6.45, 7) is 2.89. The summed E-state index contributed by atoms with van der Waals surface area (Å²) in [5, 5.41) is 19.3. The van der Waals surface area contributed by atoms with Crippen LogP contribution in [0.15, 0.2) is 30.3 Å². The quantitative estimate of drug-likeness (QED) is 0.401. The van der Waals surface area contributed by atoms with Gasteiger partial charge in [-0.05, 0) is 62.8 Å². The van der Waals surface area contributed by atoms with Crippen molar-refractivity contribution in [2.45, 2.75) is 96.1 Å². The number of carbonyl (C=O) groups is 2. The lowest BCUT2D eigenvalue weighted by molar-refractivity contribution is -0.137. The van der Waals surface area contributed by atoms with E-state index in [2.05, 4.69) is 31.2 Å². The monoisotopic (exact) mass is 417 g/mol. The molecule has 0 spiro atoms. The van der Waals surface area contributed by atoms with Gasteiger partial charge in [-0.25, -0.2) is 0 Å². The molecule has 30 heavy (non-hydrogen) atoms. The fourth-order valence-electron chi connectivity index (χ4n) is 4.43. The highest BCUT2D eigenvalue weighted by Crippen LogP contribution is 2.26. The van der Waals surface area contributed by atoms with E-state index in [-0.39, 0.29) is 30.4 Å². The van der Waals surface area contributed by atoms with Crippen molar-refractivity contribution in [2.75, 3.05) is 6.54 Å². The number of aliphatic carboxylic acids is 1. The van der Waals surface area contributed by atoms with Gasteiger partial charge in [0.05, 0.1) is 6.10 Å². The summed E-state index contributed by atoms with van der Waals surface area (Å²) in [6.07, 6.45) is 9.70. The predicted octanol–water partition coefficient (Wildman–Crippen LogP) is 4.81. The molecule has 1 aliphatic heterocycles. The van der Waals surface area contributed by atoms with Crippen molar-refractivity contribution in [3.8, 4) is 0 Å². The molecule has 1 amide bonds. The standard InChI is InChI=1S/C25H39NO4/c1-20(10-9-13-21-11-5-4-6-12-21)23(27)17-15-22-16-18-24(28)26(22)19-8-3-2-7-14-25(29)30/h4-6,11-12,20,22-23,27H,2-3,7-10,13-19H2,1H3,(H,29,30)/t20-,22?,23-/m1/s1. The Balaban J connectivity index is 1.63. The number of unbranched alkanes of at least 4 members (excludes halogenated alkanes) is 3. The molecule has 2 rings (SSSR count). The molecular weight excluding hydrogens is 378 g/mol. The number of rotatable bonds is 15. The van der Waals surface area contributed by atoms with E-state index in [1.54, 1.807) is 0 Å². The number of carbonyl (C=O) groups excluding carboxylic acids is 1. The third kappa shape index (κ3) is 8.86. The van der Waals surface area contributed by atoms with E-state index in [9.17, 15) is 14.7 Å². The molecular formula is C25H39NO4. The maximum atomic E-state index is 12.2. The smallest absolute Gasteiger partial charge is 0.303 e. The summed E-state index contributed by atoms with van der Waals surface area (Å²) in [5.74, 6) is -0.234. The van der Waals surface area contributed by atoms with Crippen LogP contribution in [0.5, 0.6) is 0 Å². The minimum Gasteiger partial charge on any atom is -0.481 e. The van der Waals surface area contributed by atoms with Crippen LogP contribution >= 0.6 is 0 Å². The van der Waals surface area contributed by atoms with Crippen LogP contribution in [0.4, 0.5) is 0 Å². The Kier molecular flexibility index (Phi) is 10.9. The minimum absolute atomic E-state index is 0.229. The third-order valence-electron chi connectivity index (χ3n) is 6.41. The number of benzene rings is 1. The summed E-state index contributed by atoms with van der Waals surface area (Å²) >= 11 is 0. The topological polar surface area (TPSA) is 77.8 Å². The molecule has 2 N–H and O–H groups in total. The molecule has 1 fully saturated rings. The number of carboxylic acids is 1. The number of likely N-dealkylation sites (tertiary alicyclic amines) is 1. The van der Waals surface area contributed by atoms with E-state index < -0.39 is 5.97 Å². The lowest BCUT2D eigenvalue weighted by Crippen LogP contribution is -2.35. The van der Waals surface area contributed by atoms with Gasteiger partial charge in [0.2, 0.25) is 5.91 Å². The molecule has 0 aliphatic carbocycles. The van der Waals surface area contributed by atoms with Gasteiger partial charge in [-0.1, -0.05) is 50.1 Å². The van der Waals surface area contributed by atoms with E-state index in [0.717, 1.165) is 64.3 Å². The first-order chi connectivity index (χ1) is 14.5. The summed E-state index contributed by atoms with van der Waals surface area (Å²) < 4.78 is 0. The predicted molar refractivity (Wildman–Crippen MR) is 119 cm³/mol. The SMILES string of the molecule is C[C@H](CCCc1ccccc1)[C@H](O)CCC1CCC(=O)N1CCCCCCC(=O)O. The zero-order valence-electron chi connectivity index (χ0n) is 18.5. The Labute approximate surface area is 181 Å². The second-order valence-electron chi connectivity index (χ2n) is 8.84. The molecule has 1 aliphatic rings. The highest BCUT2D eigenvalue weighted by molar-refractivity contribution is 5.78. The Morgan fingerprint density at radius 2 is 1.83 bits per heavy atom. The van der Waals surface area contributed by atoms with Crippen molar-refractivity contribution in [2.24, 2.45) is 5.92 Å². The van der Waals surface area contributed by atoms with E-state index in [0.29, 0.717) is 12.8 Å². The number of nitrogens with zero attached hydrogens (tertiary/aromatic N) is 1. The summed E-state index contributed by atoms with van der Waals surface area (Å²) in [5.41, 5.74) is 1.35. The van der Waals surface area contributed by atoms with Crippen molar-refractivity contribution in [3.63, 3.8) is 0 Å². The van der Waals surface area contributed by atoms with E-state index in [1.807, 2.05) is 11.0 Å². The molecule has 0 aromatic heterocycles. The average molecular weight is 418 g/mol. The van der Waals surface area contributed by atoms with Crippen LogP contribution in [0.1, 0.15) is 83.1 Å². The second kappa shape index (κ2) is 13.4. The second-order valence-corrected chi connectivity index (χ2v) is 8.84. The van der Waals surface area contributed by atoms with E-state index >= 15 is 0 Å². The average Bonchev–Trinajstić information content (AvgIpc) is 3.08. The summed E-state index contributed by atoms with van der Waals surface area (Å²) in [4.78, 5) is 24.8. The lowest BCUT2D eigenvalue weighted by atomic mass is 9.92. The molecule has 1 unspecified atom stereocenters. The zero-order valence-corrected chi connectivity index (χ0v) is 18.5. The Bertz CT molecular complexity index is 633. The highest BCUT2D eigenvalue weighted by Gasteiger charge is 2.30. The van der Waals surface area contributed by atoms with Crippen molar-refractivity contribution < 1.29 is 19.8 Å². The van der Waals surface area contributed by atoms with Gasteiger partial charge in [-0.15, -0.1) is 0 Å². The van der Waals surface area contributed by atoms with Crippen molar-refractivity contribution in [1.82, 2.24) is 4.90 Å². The summed E-state index contributed by atoms with van der Waals surface area (Å²) in [6, 6.07) is 10.7. The van der Waals surface area contributed by atoms with Crippen LogP contribution in [0.25, 0.3) is 0 Å².